The van der Waals surface area contributed by atoms with Gasteiger partial charge in [0.25, 0.3) is 0 Å². The van der Waals surface area contributed by atoms with Crippen LogP contribution in [0.3, 0.4) is 0 Å². The summed E-state index contributed by atoms with van der Waals surface area (Å²) in [5.41, 5.74) is 0.527. The number of benzene rings is 1. The number of hydrogen-bond acceptors (Lipinski definition) is 3. The maximum atomic E-state index is 11.3. The average Bonchev–Trinajstić information content (AvgIpc) is 2.35. The number of rotatable bonds is 6. The minimum Gasteiger partial charge on any atom is -0.295 e. The molecule has 0 amide bonds. The van der Waals surface area contributed by atoms with Crippen LogP contribution >= 0.6 is 11.8 Å². The van der Waals surface area contributed by atoms with Crippen molar-refractivity contribution in [2.45, 2.75) is 38.5 Å². The Bertz CT molecular complexity index is 460. The molecule has 0 spiro atoms. The van der Waals surface area contributed by atoms with Crippen LogP contribution in [-0.4, -0.2) is 11.5 Å². The smallest absolute Gasteiger partial charge is 0.159 e. The lowest BCUT2D eigenvalue weighted by Crippen LogP contribution is -2.07. The van der Waals surface area contributed by atoms with Crippen LogP contribution in [0.2, 0.25) is 0 Å². The number of hydrogen-bond donors (Lipinski definition) is 0. The van der Waals surface area contributed by atoms with Gasteiger partial charge in [0.1, 0.15) is 0 Å². The molecule has 0 fully saturated rings. The molecule has 0 unspecified atom stereocenters. The Kier molecular flexibility index (Phi) is 5.43. The summed E-state index contributed by atoms with van der Waals surface area (Å²) in [4.78, 5) is 12.4. The third kappa shape index (κ3) is 4.93. The summed E-state index contributed by atoms with van der Waals surface area (Å²) in [6, 6.07) is 10.0. The van der Waals surface area contributed by atoms with Crippen LogP contribution in [0.4, 0.5) is 0 Å². The molecular formula is C15H19NOS. The third-order valence-corrected chi connectivity index (χ3v) is 3.84. The highest BCUT2D eigenvalue weighted by Gasteiger charge is 2.15. The first-order valence-electron chi connectivity index (χ1n) is 6.10. The lowest BCUT2D eigenvalue weighted by molar-refractivity contribution is 0.101. The van der Waals surface area contributed by atoms with Crippen molar-refractivity contribution in [2.75, 3.05) is 5.75 Å². The second-order valence-electron chi connectivity index (χ2n) is 5.03. The summed E-state index contributed by atoms with van der Waals surface area (Å²) >= 11 is 1.74. The van der Waals surface area contributed by atoms with Gasteiger partial charge < -0.3 is 0 Å². The van der Waals surface area contributed by atoms with Gasteiger partial charge in [0.05, 0.1) is 11.5 Å². The number of nitrogens with zero attached hydrogens (tertiary/aromatic N) is 1. The molecule has 0 aliphatic carbocycles. The van der Waals surface area contributed by atoms with Crippen molar-refractivity contribution in [3.63, 3.8) is 0 Å². The second-order valence-corrected chi connectivity index (χ2v) is 6.20. The number of nitriles is 1. The molecule has 0 aliphatic rings. The van der Waals surface area contributed by atoms with Crippen molar-refractivity contribution in [1.29, 1.82) is 5.26 Å². The Labute approximate surface area is 113 Å². The van der Waals surface area contributed by atoms with Crippen LogP contribution in [0.1, 0.15) is 44.0 Å². The average molecular weight is 261 g/mol. The molecule has 0 atom stereocenters. The highest BCUT2D eigenvalue weighted by atomic mass is 32.2. The number of thioether (sulfide) groups is 1. The second kappa shape index (κ2) is 6.61. The van der Waals surface area contributed by atoms with Crippen LogP contribution in [0, 0.1) is 16.7 Å². The van der Waals surface area contributed by atoms with Crippen LogP contribution in [0.25, 0.3) is 0 Å². The molecule has 1 rings (SSSR count). The van der Waals surface area contributed by atoms with Crippen molar-refractivity contribution in [2.24, 2.45) is 5.41 Å². The Hall–Kier alpha value is -1.27. The monoisotopic (exact) mass is 261 g/mol. The molecule has 96 valence electrons. The predicted octanol–water partition coefficient (Wildman–Crippen LogP) is 4.31. The molecule has 0 bridgehead atoms. The Morgan fingerprint density at radius 2 is 2.17 bits per heavy atom. The quantitative estimate of drug-likeness (QED) is 0.435. The molecule has 18 heavy (non-hydrogen) atoms. The standard InChI is InChI=1S/C15H19NOS/c1-12(17)13-6-4-7-14(10-13)18-9-5-8-15(2,3)11-16/h4,6-7,10H,5,8-9H2,1-3H3. The topological polar surface area (TPSA) is 40.9 Å². The van der Waals surface area contributed by atoms with Crippen molar-refractivity contribution < 1.29 is 4.79 Å². The minimum absolute atomic E-state index is 0.100. The summed E-state index contributed by atoms with van der Waals surface area (Å²) in [7, 11) is 0. The van der Waals surface area contributed by atoms with E-state index >= 15 is 0 Å². The fourth-order valence-corrected chi connectivity index (χ4v) is 2.47. The lowest BCUT2D eigenvalue weighted by Gasteiger charge is -2.14. The largest absolute Gasteiger partial charge is 0.295 e. The van der Waals surface area contributed by atoms with E-state index in [0.29, 0.717) is 0 Å². The first-order valence-corrected chi connectivity index (χ1v) is 7.08. The molecule has 1 aromatic carbocycles. The molecule has 0 saturated carbocycles. The molecule has 0 aliphatic heterocycles. The van der Waals surface area contributed by atoms with Crippen molar-refractivity contribution in [3.8, 4) is 6.07 Å². The van der Waals surface area contributed by atoms with Gasteiger partial charge in [0.15, 0.2) is 5.78 Å². The van der Waals surface area contributed by atoms with Gasteiger partial charge in [-0.15, -0.1) is 11.8 Å². The van der Waals surface area contributed by atoms with E-state index in [9.17, 15) is 4.79 Å². The summed E-state index contributed by atoms with van der Waals surface area (Å²) < 4.78 is 0. The minimum atomic E-state index is -0.234. The van der Waals surface area contributed by atoms with Gasteiger partial charge in [-0.25, -0.2) is 0 Å². The zero-order valence-corrected chi connectivity index (χ0v) is 12.0. The molecule has 0 radical (unpaired) electrons. The SMILES string of the molecule is CC(=O)c1cccc(SCCCC(C)(C)C#N)c1. The van der Waals surface area contributed by atoms with Crippen LogP contribution in [0.5, 0.6) is 0 Å². The molecule has 1 aromatic rings. The van der Waals surface area contributed by atoms with Crippen LogP contribution in [0.15, 0.2) is 29.2 Å². The van der Waals surface area contributed by atoms with Gasteiger partial charge in [-0.1, -0.05) is 12.1 Å². The van der Waals surface area contributed by atoms with E-state index in [2.05, 4.69) is 6.07 Å². The van der Waals surface area contributed by atoms with Gasteiger partial charge in [0, 0.05) is 10.5 Å². The van der Waals surface area contributed by atoms with Gasteiger partial charge in [0.2, 0.25) is 0 Å². The molecule has 0 aromatic heterocycles. The van der Waals surface area contributed by atoms with E-state index < -0.39 is 0 Å². The Morgan fingerprint density at radius 3 is 2.78 bits per heavy atom. The first kappa shape index (κ1) is 14.8. The van der Waals surface area contributed by atoms with Crippen LogP contribution in [-0.2, 0) is 0 Å². The van der Waals surface area contributed by atoms with Gasteiger partial charge >= 0.3 is 0 Å². The normalized spacial score (nSPS) is 11.0. The van der Waals surface area contributed by atoms with Gasteiger partial charge in [-0.05, 0) is 51.5 Å². The fourth-order valence-electron chi connectivity index (χ4n) is 1.56. The molecule has 3 heteroatoms. The third-order valence-electron chi connectivity index (χ3n) is 2.76. The van der Waals surface area contributed by atoms with E-state index in [1.54, 1.807) is 18.7 Å². The van der Waals surface area contributed by atoms with Crippen molar-refractivity contribution in [1.82, 2.24) is 0 Å². The van der Waals surface area contributed by atoms with E-state index in [0.717, 1.165) is 29.1 Å². The maximum absolute atomic E-state index is 11.3. The highest BCUT2D eigenvalue weighted by molar-refractivity contribution is 7.99. The van der Waals surface area contributed by atoms with Crippen molar-refractivity contribution >= 4 is 17.5 Å². The molecule has 0 N–H and O–H groups in total. The number of carbonyl (C=O) groups is 1. The van der Waals surface area contributed by atoms with E-state index in [-0.39, 0.29) is 11.2 Å². The Balaban J connectivity index is 2.43. The van der Waals surface area contributed by atoms with E-state index in [4.69, 9.17) is 5.26 Å². The molecular weight excluding hydrogens is 242 g/mol. The first-order chi connectivity index (χ1) is 8.44. The summed E-state index contributed by atoms with van der Waals surface area (Å²) in [6.07, 6.45) is 1.92. The lowest BCUT2D eigenvalue weighted by atomic mass is 9.90. The number of ketones is 1. The molecule has 0 saturated heterocycles. The summed E-state index contributed by atoms with van der Waals surface area (Å²) in [5.74, 6) is 1.08. The maximum Gasteiger partial charge on any atom is 0.159 e. The van der Waals surface area contributed by atoms with Crippen LogP contribution < -0.4 is 0 Å². The molecule has 0 heterocycles. The summed E-state index contributed by atoms with van der Waals surface area (Å²) in [6.45, 7) is 5.52. The summed E-state index contributed by atoms with van der Waals surface area (Å²) in [5, 5.41) is 8.91. The highest BCUT2D eigenvalue weighted by Crippen LogP contribution is 2.25. The number of carbonyl (C=O) groups excluding carboxylic acids is 1. The predicted molar refractivity (Wildman–Crippen MR) is 75.8 cm³/mol. The van der Waals surface area contributed by atoms with Gasteiger partial charge in [-0.2, -0.15) is 5.26 Å². The molecule has 2 nitrogen and oxygen atoms in total. The Morgan fingerprint density at radius 1 is 1.44 bits per heavy atom. The van der Waals surface area contributed by atoms with Crippen molar-refractivity contribution in [3.05, 3.63) is 29.8 Å². The van der Waals surface area contributed by atoms with Gasteiger partial charge in [-0.3, -0.25) is 4.79 Å². The van der Waals surface area contributed by atoms with E-state index in [1.165, 1.54) is 0 Å². The van der Waals surface area contributed by atoms with E-state index in [1.807, 2.05) is 38.1 Å². The number of Topliss-reactive ketones (excluding diaryl/α,β-unsaturated/α-hetero) is 1. The fraction of sp³-hybridized carbons (Fsp3) is 0.467. The zero-order valence-electron chi connectivity index (χ0n) is 11.2. The zero-order chi connectivity index (χ0) is 13.6.